The van der Waals surface area contributed by atoms with Gasteiger partial charge in [-0.05, 0) is 30.5 Å². The first kappa shape index (κ1) is 15.9. The smallest absolute Gasteiger partial charge is 0.328 e. The van der Waals surface area contributed by atoms with Crippen LogP contribution in [0, 0.1) is 0 Å². The predicted molar refractivity (Wildman–Crippen MR) is 82.2 cm³/mol. The quantitative estimate of drug-likeness (QED) is 0.632. The van der Waals surface area contributed by atoms with Crippen molar-refractivity contribution in [3.8, 4) is 0 Å². The summed E-state index contributed by atoms with van der Waals surface area (Å²) in [7, 11) is 1.32. The third-order valence-electron chi connectivity index (χ3n) is 3.40. The first-order valence-electron chi connectivity index (χ1n) is 6.55. The van der Waals surface area contributed by atoms with Crippen LogP contribution in [0.1, 0.15) is 18.4 Å². The maximum absolute atomic E-state index is 12.2. The SMILES string of the molecule is COC(=O)[C@H]1CCCN1C(=O)/C=C\c1cccc(Cl)c1Cl. The van der Waals surface area contributed by atoms with Crippen molar-refractivity contribution in [2.45, 2.75) is 18.9 Å². The highest BCUT2D eigenvalue weighted by Gasteiger charge is 2.33. The number of nitrogens with zero attached hydrogens (tertiary/aromatic N) is 1. The van der Waals surface area contributed by atoms with Gasteiger partial charge < -0.3 is 9.64 Å². The number of esters is 1. The summed E-state index contributed by atoms with van der Waals surface area (Å²) in [5.41, 5.74) is 0.659. The number of hydrogen-bond donors (Lipinski definition) is 0. The molecule has 0 N–H and O–H groups in total. The molecule has 21 heavy (non-hydrogen) atoms. The highest BCUT2D eigenvalue weighted by molar-refractivity contribution is 6.42. The predicted octanol–water partition coefficient (Wildman–Crippen LogP) is 3.17. The van der Waals surface area contributed by atoms with E-state index >= 15 is 0 Å². The van der Waals surface area contributed by atoms with Gasteiger partial charge in [0.15, 0.2) is 0 Å². The molecule has 1 aliphatic rings. The Kier molecular flexibility index (Phi) is 5.26. The molecule has 0 aliphatic carbocycles. The second-order valence-corrected chi connectivity index (χ2v) is 5.47. The van der Waals surface area contributed by atoms with Crippen molar-refractivity contribution in [1.29, 1.82) is 0 Å². The van der Waals surface area contributed by atoms with Gasteiger partial charge in [0.2, 0.25) is 5.91 Å². The van der Waals surface area contributed by atoms with Gasteiger partial charge in [0.1, 0.15) is 6.04 Å². The van der Waals surface area contributed by atoms with Crippen LogP contribution < -0.4 is 0 Å². The van der Waals surface area contributed by atoms with Crippen molar-refractivity contribution in [3.63, 3.8) is 0 Å². The molecule has 112 valence electrons. The van der Waals surface area contributed by atoms with E-state index in [2.05, 4.69) is 0 Å². The van der Waals surface area contributed by atoms with Crippen LogP contribution in [0.2, 0.25) is 10.0 Å². The topological polar surface area (TPSA) is 46.6 Å². The minimum absolute atomic E-state index is 0.237. The lowest BCUT2D eigenvalue weighted by molar-refractivity contribution is -0.149. The fourth-order valence-electron chi connectivity index (χ4n) is 2.32. The highest BCUT2D eigenvalue weighted by Crippen LogP contribution is 2.26. The molecule has 0 saturated carbocycles. The molecule has 0 radical (unpaired) electrons. The number of carbonyl (C=O) groups excluding carboxylic acids is 2. The van der Waals surface area contributed by atoms with Crippen LogP contribution >= 0.6 is 23.2 Å². The summed E-state index contributed by atoms with van der Waals surface area (Å²) in [6, 6.07) is 4.70. The zero-order valence-corrected chi connectivity index (χ0v) is 13.0. The van der Waals surface area contributed by atoms with Gasteiger partial charge in [0, 0.05) is 12.6 Å². The van der Waals surface area contributed by atoms with E-state index in [4.69, 9.17) is 27.9 Å². The van der Waals surface area contributed by atoms with Crippen molar-refractivity contribution in [3.05, 3.63) is 39.9 Å². The normalized spacial score (nSPS) is 18.2. The number of amides is 1. The van der Waals surface area contributed by atoms with Crippen LogP contribution in [0.25, 0.3) is 6.08 Å². The summed E-state index contributed by atoms with van der Waals surface area (Å²) in [6.45, 7) is 0.548. The Balaban J connectivity index is 2.12. The standard InChI is InChI=1S/C15H15Cl2NO3/c1-21-15(20)12-6-3-9-18(12)13(19)8-7-10-4-2-5-11(16)14(10)17/h2,4-5,7-8,12H,3,6,9H2,1H3/b8-7-/t12-/m1/s1. The molecule has 6 heteroatoms. The molecule has 1 saturated heterocycles. The molecule has 1 atom stereocenters. The Hall–Kier alpha value is -1.52. The third kappa shape index (κ3) is 3.57. The van der Waals surface area contributed by atoms with Gasteiger partial charge in [-0.3, -0.25) is 4.79 Å². The number of likely N-dealkylation sites (tertiary alicyclic amines) is 1. The Morgan fingerprint density at radius 3 is 2.86 bits per heavy atom. The van der Waals surface area contributed by atoms with Crippen molar-refractivity contribution in [2.24, 2.45) is 0 Å². The molecule has 0 bridgehead atoms. The van der Waals surface area contributed by atoms with Gasteiger partial charge in [-0.1, -0.05) is 35.3 Å². The Morgan fingerprint density at radius 1 is 1.38 bits per heavy atom. The number of carbonyl (C=O) groups is 2. The first-order chi connectivity index (χ1) is 10.0. The van der Waals surface area contributed by atoms with Gasteiger partial charge in [-0.25, -0.2) is 4.79 Å². The van der Waals surface area contributed by atoms with E-state index in [1.807, 2.05) is 0 Å². The maximum atomic E-state index is 12.2. The molecule has 1 aromatic rings. The Bertz CT molecular complexity index is 586. The minimum Gasteiger partial charge on any atom is -0.467 e. The van der Waals surface area contributed by atoms with E-state index in [-0.39, 0.29) is 11.9 Å². The Morgan fingerprint density at radius 2 is 2.14 bits per heavy atom. The molecule has 1 aromatic carbocycles. The zero-order valence-electron chi connectivity index (χ0n) is 11.5. The third-order valence-corrected chi connectivity index (χ3v) is 4.23. The molecule has 0 spiro atoms. The minimum atomic E-state index is -0.498. The zero-order chi connectivity index (χ0) is 15.4. The second-order valence-electron chi connectivity index (χ2n) is 4.69. The average Bonchev–Trinajstić information content (AvgIpc) is 2.97. The van der Waals surface area contributed by atoms with Gasteiger partial charge in [0.25, 0.3) is 0 Å². The number of hydrogen-bond acceptors (Lipinski definition) is 3. The lowest BCUT2D eigenvalue weighted by atomic mass is 10.2. The number of rotatable bonds is 3. The lowest BCUT2D eigenvalue weighted by Crippen LogP contribution is -2.40. The van der Waals surface area contributed by atoms with Crippen molar-refractivity contribution in [1.82, 2.24) is 4.90 Å². The molecule has 4 nitrogen and oxygen atoms in total. The summed E-state index contributed by atoms with van der Waals surface area (Å²) >= 11 is 12.0. The molecular formula is C15H15Cl2NO3. The van der Waals surface area contributed by atoms with Gasteiger partial charge >= 0.3 is 5.97 Å². The molecule has 1 amide bonds. The summed E-state index contributed by atoms with van der Waals surface area (Å²) < 4.78 is 4.72. The first-order valence-corrected chi connectivity index (χ1v) is 7.30. The van der Waals surface area contributed by atoms with Gasteiger partial charge in [-0.2, -0.15) is 0 Å². The lowest BCUT2D eigenvalue weighted by Gasteiger charge is -2.20. The van der Waals surface area contributed by atoms with E-state index in [9.17, 15) is 9.59 Å². The van der Waals surface area contributed by atoms with Crippen molar-refractivity contribution in [2.75, 3.05) is 13.7 Å². The molecule has 2 rings (SSSR count). The number of benzene rings is 1. The van der Waals surface area contributed by atoms with Crippen LogP contribution in [0.5, 0.6) is 0 Å². The van der Waals surface area contributed by atoms with E-state index in [1.165, 1.54) is 18.1 Å². The molecule has 0 aromatic heterocycles. The summed E-state index contributed by atoms with van der Waals surface area (Å²) in [5, 5.41) is 0.828. The van der Waals surface area contributed by atoms with E-state index in [0.29, 0.717) is 28.6 Å². The van der Waals surface area contributed by atoms with E-state index in [0.717, 1.165) is 6.42 Å². The van der Waals surface area contributed by atoms with Crippen LogP contribution in [0.3, 0.4) is 0 Å². The van der Waals surface area contributed by atoms with Crippen LogP contribution in [-0.4, -0.2) is 36.5 Å². The molecule has 1 heterocycles. The van der Waals surface area contributed by atoms with Crippen LogP contribution in [-0.2, 0) is 14.3 Å². The van der Waals surface area contributed by atoms with E-state index in [1.54, 1.807) is 24.3 Å². The maximum Gasteiger partial charge on any atom is 0.328 e. The second kappa shape index (κ2) is 6.96. The fourth-order valence-corrected chi connectivity index (χ4v) is 2.69. The largest absolute Gasteiger partial charge is 0.467 e. The Labute approximate surface area is 133 Å². The number of methoxy groups -OCH3 is 1. The van der Waals surface area contributed by atoms with E-state index < -0.39 is 6.04 Å². The summed E-state index contributed by atoms with van der Waals surface area (Å²) in [4.78, 5) is 25.3. The van der Waals surface area contributed by atoms with Crippen LogP contribution in [0.4, 0.5) is 0 Å². The van der Waals surface area contributed by atoms with Crippen molar-refractivity contribution < 1.29 is 14.3 Å². The van der Waals surface area contributed by atoms with Crippen LogP contribution in [0.15, 0.2) is 24.3 Å². The monoisotopic (exact) mass is 327 g/mol. The molecule has 1 fully saturated rings. The summed E-state index contributed by atoms with van der Waals surface area (Å²) in [5.74, 6) is -0.617. The highest BCUT2D eigenvalue weighted by atomic mass is 35.5. The molecule has 1 aliphatic heterocycles. The molecular weight excluding hydrogens is 313 g/mol. The average molecular weight is 328 g/mol. The van der Waals surface area contributed by atoms with Gasteiger partial charge in [-0.15, -0.1) is 0 Å². The fraction of sp³-hybridized carbons (Fsp3) is 0.333. The van der Waals surface area contributed by atoms with Crippen molar-refractivity contribution >= 4 is 41.2 Å². The number of ether oxygens (including phenoxy) is 1. The summed E-state index contributed by atoms with van der Waals surface area (Å²) in [6.07, 6.45) is 4.42. The van der Waals surface area contributed by atoms with Gasteiger partial charge in [0.05, 0.1) is 17.2 Å². The molecule has 0 unspecified atom stereocenters. The number of halogens is 2.